The summed E-state index contributed by atoms with van der Waals surface area (Å²) in [6.45, 7) is 5.52. The van der Waals surface area contributed by atoms with Gasteiger partial charge in [0.1, 0.15) is 18.1 Å². The summed E-state index contributed by atoms with van der Waals surface area (Å²) in [7, 11) is 1.53. The van der Waals surface area contributed by atoms with Crippen molar-refractivity contribution in [3.63, 3.8) is 0 Å². The second-order valence-corrected chi connectivity index (χ2v) is 13.3. The van der Waals surface area contributed by atoms with Gasteiger partial charge in [0.05, 0.1) is 30.5 Å². The molecule has 2 atom stereocenters. The molecule has 6 rings (SSSR count). The van der Waals surface area contributed by atoms with E-state index >= 15 is 4.39 Å². The quantitative estimate of drug-likeness (QED) is 0.0718. The Balaban J connectivity index is 1.24. The Morgan fingerprint density at radius 1 is 0.946 bits per heavy atom. The van der Waals surface area contributed by atoms with Gasteiger partial charge < -0.3 is 29.2 Å². The van der Waals surface area contributed by atoms with Gasteiger partial charge in [-0.25, -0.2) is 9.40 Å². The number of unbranched alkanes of at least 4 members (excludes halogenated alkanes) is 1. The fourth-order valence-electron chi connectivity index (χ4n) is 6.82. The van der Waals surface area contributed by atoms with Crippen LogP contribution in [-0.4, -0.2) is 91.1 Å². The molecule has 3 heterocycles. The standard InChI is InChI=1S/C40H42F4N6O6/c1-3-4-19-49-32(24-51)38(47-50(37(49)25-52)31-11-6-5-10-28(31)40(42,43)44)39(53)46-26-12-13-34(29(41)21-26)56-33-14-15-45-30-23-35(54-2)36(22-27(30)33)55-20-9-18-48-16-7-8-17-48/h5-6,10-15,21-25,32,37H,3-4,7-9,16-20H2,1-2H3,(H,46,53). The van der Waals surface area contributed by atoms with Gasteiger partial charge in [-0.2, -0.15) is 18.3 Å². The number of amides is 1. The van der Waals surface area contributed by atoms with Crippen LogP contribution in [-0.2, 0) is 20.6 Å². The van der Waals surface area contributed by atoms with Gasteiger partial charge in [0.2, 0.25) is 0 Å². The third-order valence-electron chi connectivity index (χ3n) is 9.62. The number of hydrogen-bond donors (Lipinski definition) is 1. The minimum atomic E-state index is -4.82. The average Bonchev–Trinajstić information content (AvgIpc) is 3.72. The number of fused-ring (bicyclic) bond motifs is 1. The van der Waals surface area contributed by atoms with Crippen LogP contribution in [0.25, 0.3) is 10.9 Å². The number of halogens is 4. The maximum atomic E-state index is 15.7. The number of aromatic nitrogens is 1. The van der Waals surface area contributed by atoms with Crippen LogP contribution in [0.15, 0.2) is 72.0 Å². The van der Waals surface area contributed by atoms with Crippen LogP contribution in [0.5, 0.6) is 23.0 Å². The summed E-state index contributed by atoms with van der Waals surface area (Å²) in [5.74, 6) is -0.797. The number of ether oxygens (including phenoxy) is 3. The number of aldehydes is 2. The number of alkyl halides is 3. The summed E-state index contributed by atoms with van der Waals surface area (Å²) in [6, 6.07) is 11.7. The predicted molar refractivity (Wildman–Crippen MR) is 202 cm³/mol. The van der Waals surface area contributed by atoms with Gasteiger partial charge in [-0.3, -0.25) is 19.5 Å². The number of carbonyl (C=O) groups is 3. The lowest BCUT2D eigenvalue weighted by atomic mass is 10.1. The highest BCUT2D eigenvalue weighted by Crippen LogP contribution is 2.40. The molecule has 1 N–H and O–H groups in total. The molecule has 0 saturated carbocycles. The van der Waals surface area contributed by atoms with Crippen LogP contribution >= 0.6 is 0 Å². The second-order valence-electron chi connectivity index (χ2n) is 13.3. The normalized spacial score (nSPS) is 17.8. The Morgan fingerprint density at radius 2 is 1.73 bits per heavy atom. The van der Waals surface area contributed by atoms with Crippen molar-refractivity contribution < 1.29 is 46.2 Å². The Kier molecular flexibility index (Phi) is 12.8. The number of methoxy groups -OCH3 is 1. The summed E-state index contributed by atoms with van der Waals surface area (Å²) in [6.07, 6.45) is 0.341. The van der Waals surface area contributed by atoms with Gasteiger partial charge in [-0.05, 0) is 75.2 Å². The van der Waals surface area contributed by atoms with Crippen molar-refractivity contribution in [2.24, 2.45) is 5.10 Å². The summed E-state index contributed by atoms with van der Waals surface area (Å²) in [5.41, 5.74) is -1.60. The van der Waals surface area contributed by atoms with Crippen molar-refractivity contribution in [1.82, 2.24) is 14.8 Å². The molecule has 4 aromatic rings. The van der Waals surface area contributed by atoms with Crippen molar-refractivity contribution >= 4 is 46.5 Å². The lowest BCUT2D eigenvalue weighted by Gasteiger charge is -2.42. The molecule has 16 heteroatoms. The van der Waals surface area contributed by atoms with Gasteiger partial charge >= 0.3 is 6.18 Å². The van der Waals surface area contributed by atoms with E-state index < -0.39 is 47.1 Å². The molecule has 56 heavy (non-hydrogen) atoms. The number of rotatable bonds is 16. The first-order valence-electron chi connectivity index (χ1n) is 18.4. The largest absolute Gasteiger partial charge is 0.493 e. The Hall–Kier alpha value is -5.61. The topological polar surface area (TPSA) is 126 Å². The number of nitrogens with zero attached hydrogens (tertiary/aromatic N) is 5. The van der Waals surface area contributed by atoms with Crippen molar-refractivity contribution in [1.29, 1.82) is 0 Å². The minimum absolute atomic E-state index is 0.0546. The molecule has 1 saturated heterocycles. The van der Waals surface area contributed by atoms with Crippen LogP contribution in [0.4, 0.5) is 28.9 Å². The van der Waals surface area contributed by atoms with Gasteiger partial charge in [0, 0.05) is 42.5 Å². The summed E-state index contributed by atoms with van der Waals surface area (Å²) >= 11 is 0. The van der Waals surface area contributed by atoms with E-state index in [0.717, 1.165) is 49.3 Å². The molecule has 3 aromatic carbocycles. The molecule has 0 radical (unpaired) electrons. The molecule has 0 aliphatic carbocycles. The summed E-state index contributed by atoms with van der Waals surface area (Å²) in [5, 5.41) is 7.98. The monoisotopic (exact) mass is 778 g/mol. The fourth-order valence-corrected chi connectivity index (χ4v) is 6.82. The predicted octanol–water partition coefficient (Wildman–Crippen LogP) is 7.07. The van der Waals surface area contributed by atoms with Crippen LogP contribution in [0.1, 0.15) is 44.6 Å². The third-order valence-corrected chi connectivity index (χ3v) is 9.62. The number of benzene rings is 3. The number of carbonyl (C=O) groups excluding carboxylic acids is 3. The number of likely N-dealkylation sites (tertiary alicyclic amines) is 1. The number of para-hydroxylation sites is 1. The first-order valence-corrected chi connectivity index (χ1v) is 18.4. The van der Waals surface area contributed by atoms with Crippen molar-refractivity contribution in [2.75, 3.05) is 50.2 Å². The van der Waals surface area contributed by atoms with E-state index in [1.165, 1.54) is 55.3 Å². The highest BCUT2D eigenvalue weighted by atomic mass is 19.4. The molecular weight excluding hydrogens is 736 g/mol. The smallest absolute Gasteiger partial charge is 0.418 e. The van der Waals surface area contributed by atoms with Crippen molar-refractivity contribution in [3.05, 3.63) is 78.2 Å². The first kappa shape index (κ1) is 40.1. The molecule has 2 aliphatic heterocycles. The van der Waals surface area contributed by atoms with Gasteiger partial charge in [0.25, 0.3) is 5.91 Å². The first-order chi connectivity index (χ1) is 27.1. The van der Waals surface area contributed by atoms with Crippen LogP contribution in [0.2, 0.25) is 0 Å². The second kappa shape index (κ2) is 17.9. The van der Waals surface area contributed by atoms with E-state index in [4.69, 9.17) is 14.2 Å². The fraction of sp³-hybridized carbons (Fsp3) is 0.375. The third kappa shape index (κ3) is 8.92. The molecule has 2 unspecified atom stereocenters. The molecule has 0 spiro atoms. The van der Waals surface area contributed by atoms with E-state index in [1.54, 1.807) is 18.2 Å². The molecule has 1 aromatic heterocycles. The Bertz CT molecular complexity index is 2080. The maximum absolute atomic E-state index is 15.7. The molecule has 1 amide bonds. The summed E-state index contributed by atoms with van der Waals surface area (Å²) in [4.78, 5) is 46.7. The van der Waals surface area contributed by atoms with Crippen molar-refractivity contribution in [2.45, 2.75) is 57.4 Å². The van der Waals surface area contributed by atoms with E-state index in [9.17, 15) is 27.6 Å². The average molecular weight is 779 g/mol. The zero-order chi connectivity index (χ0) is 39.8. The van der Waals surface area contributed by atoms with Crippen LogP contribution < -0.4 is 24.5 Å². The molecule has 296 valence electrons. The number of nitrogens with one attached hydrogen (secondary N) is 1. The lowest BCUT2D eigenvalue weighted by molar-refractivity contribution is -0.137. The molecular formula is C40H42F4N6O6. The minimum Gasteiger partial charge on any atom is -0.493 e. The van der Waals surface area contributed by atoms with E-state index in [1.807, 2.05) is 6.92 Å². The molecule has 2 aliphatic rings. The van der Waals surface area contributed by atoms with Crippen molar-refractivity contribution in [3.8, 4) is 23.0 Å². The summed E-state index contributed by atoms with van der Waals surface area (Å²) < 4.78 is 75.5. The Labute approximate surface area is 321 Å². The number of hydrogen-bond acceptors (Lipinski definition) is 11. The highest BCUT2D eigenvalue weighted by Gasteiger charge is 2.44. The SMILES string of the molecule is CCCCN1C(C=O)C(C(=O)Nc2ccc(Oc3ccnc4cc(OC)c(OCCCN5CCCC5)cc34)c(F)c2)=NN(c2ccccc2C(F)(F)F)C1C=O. The zero-order valence-electron chi connectivity index (χ0n) is 30.9. The van der Waals surface area contributed by atoms with Gasteiger partial charge in [-0.1, -0.05) is 25.5 Å². The molecule has 1 fully saturated rings. The van der Waals surface area contributed by atoms with Crippen LogP contribution in [0.3, 0.4) is 0 Å². The van der Waals surface area contributed by atoms with E-state index in [-0.39, 0.29) is 23.7 Å². The molecule has 0 bridgehead atoms. The molecule has 12 nitrogen and oxygen atoms in total. The number of hydrazone groups is 1. The van der Waals surface area contributed by atoms with E-state index in [2.05, 4.69) is 20.3 Å². The number of pyridine rings is 1. The van der Waals surface area contributed by atoms with E-state index in [0.29, 0.717) is 54.4 Å². The maximum Gasteiger partial charge on any atom is 0.418 e. The van der Waals surface area contributed by atoms with Gasteiger partial charge in [-0.15, -0.1) is 0 Å². The Morgan fingerprint density at radius 3 is 2.43 bits per heavy atom. The van der Waals surface area contributed by atoms with Crippen LogP contribution in [0, 0.1) is 5.82 Å². The van der Waals surface area contributed by atoms with Gasteiger partial charge in [0.15, 0.2) is 41.2 Å². The zero-order valence-corrected chi connectivity index (χ0v) is 30.9. The lowest BCUT2D eigenvalue weighted by Crippen LogP contribution is -2.62. The highest BCUT2D eigenvalue weighted by molar-refractivity contribution is 6.47. The number of anilines is 2.